The van der Waals surface area contributed by atoms with Crippen LogP contribution in [0.4, 0.5) is 11.9 Å². The fraction of sp³-hybridized carbons (Fsp3) is 0.118. The standard InChI is InChI=1S/C17H15BrN8/c18-14-11-23-26-15(14)24-16(21-9-12-3-1-5-19-7-12)25-17(26)22-10-13-4-2-6-20-8-13/h1-8,11H,9-10H2,(H2,21,22,24,25). The van der Waals surface area contributed by atoms with Crippen LogP contribution in [0.2, 0.25) is 0 Å². The van der Waals surface area contributed by atoms with Gasteiger partial charge in [-0.1, -0.05) is 12.1 Å². The summed E-state index contributed by atoms with van der Waals surface area (Å²) in [4.78, 5) is 17.3. The van der Waals surface area contributed by atoms with E-state index in [1.54, 1.807) is 23.1 Å². The highest BCUT2D eigenvalue weighted by Gasteiger charge is 2.11. The number of nitrogens with one attached hydrogen (secondary N) is 2. The van der Waals surface area contributed by atoms with Crippen LogP contribution in [0.25, 0.3) is 5.65 Å². The van der Waals surface area contributed by atoms with Crippen LogP contribution in [0, 0.1) is 0 Å². The van der Waals surface area contributed by atoms with Crippen LogP contribution >= 0.6 is 15.9 Å². The Labute approximate surface area is 157 Å². The Balaban J connectivity index is 1.59. The van der Waals surface area contributed by atoms with Gasteiger partial charge in [-0.3, -0.25) is 9.97 Å². The maximum atomic E-state index is 4.55. The van der Waals surface area contributed by atoms with Crippen LogP contribution < -0.4 is 10.6 Å². The second-order valence-corrected chi connectivity index (χ2v) is 6.38. The molecule has 0 saturated carbocycles. The number of pyridine rings is 2. The van der Waals surface area contributed by atoms with Crippen molar-refractivity contribution in [1.82, 2.24) is 29.5 Å². The first-order chi connectivity index (χ1) is 12.8. The maximum Gasteiger partial charge on any atom is 0.229 e. The Morgan fingerprint density at radius 3 is 2.23 bits per heavy atom. The van der Waals surface area contributed by atoms with Crippen LogP contribution in [0.15, 0.2) is 59.7 Å². The molecule has 0 aromatic carbocycles. The van der Waals surface area contributed by atoms with Crippen molar-refractivity contribution in [2.24, 2.45) is 0 Å². The smallest absolute Gasteiger partial charge is 0.229 e. The van der Waals surface area contributed by atoms with E-state index in [0.29, 0.717) is 30.6 Å². The maximum absolute atomic E-state index is 4.55. The molecular formula is C17H15BrN8. The number of aromatic nitrogens is 6. The monoisotopic (exact) mass is 410 g/mol. The van der Waals surface area contributed by atoms with Gasteiger partial charge >= 0.3 is 0 Å². The van der Waals surface area contributed by atoms with Gasteiger partial charge in [0.05, 0.1) is 10.7 Å². The number of halogens is 1. The lowest BCUT2D eigenvalue weighted by Gasteiger charge is -2.10. The highest BCUT2D eigenvalue weighted by atomic mass is 79.9. The first-order valence-electron chi connectivity index (χ1n) is 7.96. The Hall–Kier alpha value is -3.07. The van der Waals surface area contributed by atoms with Gasteiger partial charge in [-0.25, -0.2) is 0 Å². The summed E-state index contributed by atoms with van der Waals surface area (Å²) in [6.45, 7) is 1.16. The molecule has 2 N–H and O–H groups in total. The van der Waals surface area contributed by atoms with Crippen molar-refractivity contribution in [3.63, 3.8) is 0 Å². The molecule has 0 aliphatic rings. The Kier molecular flexibility index (Phi) is 4.69. The summed E-state index contributed by atoms with van der Waals surface area (Å²) in [5.41, 5.74) is 2.78. The molecule has 0 fully saturated rings. The molecule has 0 saturated heterocycles. The summed E-state index contributed by atoms with van der Waals surface area (Å²) in [5.74, 6) is 1.11. The molecule has 0 aliphatic carbocycles. The molecule has 0 atom stereocenters. The molecule has 0 unspecified atom stereocenters. The predicted molar refractivity (Wildman–Crippen MR) is 102 cm³/mol. The molecule has 4 heterocycles. The van der Waals surface area contributed by atoms with Crippen molar-refractivity contribution in [2.45, 2.75) is 13.1 Å². The van der Waals surface area contributed by atoms with Crippen LogP contribution in [-0.2, 0) is 13.1 Å². The van der Waals surface area contributed by atoms with E-state index < -0.39 is 0 Å². The van der Waals surface area contributed by atoms with Gasteiger partial charge in [-0.05, 0) is 39.2 Å². The van der Waals surface area contributed by atoms with Gasteiger partial charge in [0.2, 0.25) is 11.9 Å². The minimum absolute atomic E-state index is 0.510. The highest BCUT2D eigenvalue weighted by molar-refractivity contribution is 9.10. The SMILES string of the molecule is Brc1cnn2c(NCc3cccnc3)nc(NCc3cccnc3)nc12. The van der Waals surface area contributed by atoms with Crippen molar-refractivity contribution in [3.8, 4) is 0 Å². The highest BCUT2D eigenvalue weighted by Crippen LogP contribution is 2.20. The predicted octanol–water partition coefficient (Wildman–Crippen LogP) is 2.90. The molecule has 26 heavy (non-hydrogen) atoms. The van der Waals surface area contributed by atoms with E-state index >= 15 is 0 Å². The molecule has 0 radical (unpaired) electrons. The average molecular weight is 411 g/mol. The Bertz CT molecular complexity index is 1000. The molecule has 0 amide bonds. The van der Waals surface area contributed by atoms with Gasteiger partial charge in [0.25, 0.3) is 0 Å². The number of rotatable bonds is 6. The number of nitrogens with zero attached hydrogens (tertiary/aromatic N) is 6. The lowest BCUT2D eigenvalue weighted by atomic mass is 10.3. The molecule has 9 heteroatoms. The summed E-state index contributed by atoms with van der Waals surface area (Å²) in [6, 6.07) is 7.79. The largest absolute Gasteiger partial charge is 0.350 e. The topological polar surface area (TPSA) is 92.9 Å². The van der Waals surface area contributed by atoms with Gasteiger partial charge in [-0.15, -0.1) is 0 Å². The van der Waals surface area contributed by atoms with E-state index in [1.807, 2.05) is 36.7 Å². The van der Waals surface area contributed by atoms with E-state index in [-0.39, 0.29) is 0 Å². The normalized spacial score (nSPS) is 10.8. The van der Waals surface area contributed by atoms with Crippen molar-refractivity contribution in [3.05, 3.63) is 70.8 Å². The van der Waals surface area contributed by atoms with Crippen molar-refractivity contribution in [1.29, 1.82) is 0 Å². The third kappa shape index (κ3) is 3.62. The number of fused-ring (bicyclic) bond motifs is 1. The van der Waals surface area contributed by atoms with Crippen LogP contribution in [0.3, 0.4) is 0 Å². The number of hydrogen-bond acceptors (Lipinski definition) is 7. The number of hydrogen-bond donors (Lipinski definition) is 2. The molecule has 130 valence electrons. The van der Waals surface area contributed by atoms with Gasteiger partial charge < -0.3 is 10.6 Å². The molecule has 0 aliphatic heterocycles. The van der Waals surface area contributed by atoms with Gasteiger partial charge in [-0.2, -0.15) is 19.6 Å². The minimum Gasteiger partial charge on any atom is -0.350 e. The summed E-state index contributed by atoms with van der Waals surface area (Å²) < 4.78 is 2.46. The van der Waals surface area contributed by atoms with E-state index in [2.05, 4.69) is 51.6 Å². The van der Waals surface area contributed by atoms with Crippen LogP contribution in [-0.4, -0.2) is 29.5 Å². The summed E-state index contributed by atoms with van der Waals surface area (Å²) in [7, 11) is 0. The van der Waals surface area contributed by atoms with Gasteiger partial charge in [0.15, 0.2) is 5.65 Å². The van der Waals surface area contributed by atoms with Gasteiger partial charge in [0, 0.05) is 37.9 Å². The van der Waals surface area contributed by atoms with Crippen LogP contribution in [0.1, 0.15) is 11.1 Å². The second kappa shape index (κ2) is 7.44. The quantitative estimate of drug-likeness (QED) is 0.504. The van der Waals surface area contributed by atoms with Crippen LogP contribution in [0.5, 0.6) is 0 Å². The zero-order valence-corrected chi connectivity index (χ0v) is 15.3. The molecular weight excluding hydrogens is 396 g/mol. The molecule has 4 aromatic heterocycles. The first kappa shape index (κ1) is 16.4. The van der Waals surface area contributed by atoms with Gasteiger partial charge in [0.1, 0.15) is 0 Å². The molecule has 4 rings (SSSR count). The van der Waals surface area contributed by atoms with Crippen molar-refractivity contribution >= 4 is 33.5 Å². The lowest BCUT2D eigenvalue weighted by molar-refractivity contribution is 0.876. The fourth-order valence-corrected chi connectivity index (χ4v) is 2.76. The molecule has 8 nitrogen and oxygen atoms in total. The van der Waals surface area contributed by atoms with Crippen molar-refractivity contribution < 1.29 is 0 Å². The summed E-state index contributed by atoms with van der Waals surface area (Å²) >= 11 is 3.48. The second-order valence-electron chi connectivity index (χ2n) is 5.53. The molecule has 0 bridgehead atoms. The van der Waals surface area contributed by atoms with E-state index in [9.17, 15) is 0 Å². The van der Waals surface area contributed by atoms with E-state index in [4.69, 9.17) is 0 Å². The molecule has 4 aromatic rings. The number of anilines is 2. The molecule has 0 spiro atoms. The van der Waals surface area contributed by atoms with E-state index in [0.717, 1.165) is 15.6 Å². The fourth-order valence-electron chi connectivity index (χ4n) is 2.41. The summed E-state index contributed by atoms with van der Waals surface area (Å²) in [6.07, 6.45) is 8.81. The Morgan fingerprint density at radius 2 is 1.58 bits per heavy atom. The Morgan fingerprint density at radius 1 is 0.885 bits per heavy atom. The lowest BCUT2D eigenvalue weighted by Crippen LogP contribution is -2.12. The zero-order chi connectivity index (χ0) is 17.8. The zero-order valence-electron chi connectivity index (χ0n) is 13.7. The first-order valence-corrected chi connectivity index (χ1v) is 8.76. The third-order valence-corrected chi connectivity index (χ3v) is 4.23. The average Bonchev–Trinajstić information content (AvgIpc) is 3.07. The van der Waals surface area contributed by atoms with E-state index in [1.165, 1.54) is 0 Å². The minimum atomic E-state index is 0.510. The summed E-state index contributed by atoms with van der Waals surface area (Å²) in [5, 5.41) is 10.8. The van der Waals surface area contributed by atoms with Crippen molar-refractivity contribution in [2.75, 3.05) is 10.6 Å². The third-order valence-electron chi connectivity index (χ3n) is 3.67.